The lowest BCUT2D eigenvalue weighted by molar-refractivity contribution is 0.119. The van der Waals surface area contributed by atoms with Crippen LogP contribution in [0.4, 0.5) is 0 Å². The van der Waals surface area contributed by atoms with Gasteiger partial charge in [-0.25, -0.2) is 0 Å². The molecular formula is C26H22O2S. The Balaban J connectivity index is 1.94. The van der Waals surface area contributed by atoms with Gasteiger partial charge in [-0.05, 0) is 29.8 Å². The summed E-state index contributed by atoms with van der Waals surface area (Å²) in [5, 5.41) is 12.3. The van der Waals surface area contributed by atoms with Gasteiger partial charge in [-0.3, -0.25) is 0 Å². The molecule has 29 heavy (non-hydrogen) atoms. The fourth-order valence-corrected chi connectivity index (χ4v) is 4.57. The molecule has 0 bridgehead atoms. The van der Waals surface area contributed by atoms with E-state index in [-0.39, 0.29) is 0 Å². The molecule has 4 rings (SSSR count). The topological polar surface area (TPSA) is 29.5 Å². The number of hydrogen-bond donors (Lipinski definition) is 1. The number of aliphatic hydroxyl groups is 1. The predicted molar refractivity (Wildman–Crippen MR) is 119 cm³/mol. The van der Waals surface area contributed by atoms with Crippen LogP contribution in [-0.2, 0) is 5.60 Å². The minimum Gasteiger partial charge on any atom is -0.496 e. The first-order valence-electron chi connectivity index (χ1n) is 9.47. The smallest absolute Gasteiger partial charge is 0.145 e. The zero-order valence-electron chi connectivity index (χ0n) is 16.2. The molecular weight excluding hydrogens is 376 g/mol. The van der Waals surface area contributed by atoms with Gasteiger partial charge < -0.3 is 9.84 Å². The summed E-state index contributed by atoms with van der Waals surface area (Å²) in [7, 11) is 1.63. The maximum absolute atomic E-state index is 12.3. The van der Waals surface area contributed by atoms with Crippen LogP contribution < -0.4 is 4.74 Å². The molecule has 0 amide bonds. The fourth-order valence-electron chi connectivity index (χ4n) is 3.55. The molecule has 1 unspecified atom stereocenters. The highest BCUT2D eigenvalue weighted by Crippen LogP contribution is 2.45. The quantitative estimate of drug-likeness (QED) is 0.396. The number of para-hydroxylation sites is 1. The Morgan fingerprint density at radius 2 is 1.21 bits per heavy atom. The van der Waals surface area contributed by atoms with Crippen molar-refractivity contribution in [3.8, 4) is 5.75 Å². The fraction of sp³-hybridized carbons (Fsp3) is 0.0769. The minimum atomic E-state index is -1.35. The van der Waals surface area contributed by atoms with E-state index >= 15 is 0 Å². The van der Waals surface area contributed by atoms with E-state index < -0.39 is 5.60 Å². The Morgan fingerprint density at radius 1 is 0.655 bits per heavy atom. The van der Waals surface area contributed by atoms with Gasteiger partial charge in [0, 0.05) is 20.9 Å². The summed E-state index contributed by atoms with van der Waals surface area (Å²) in [6.45, 7) is 0. The van der Waals surface area contributed by atoms with Crippen molar-refractivity contribution in [3.63, 3.8) is 0 Å². The molecule has 0 spiro atoms. The maximum Gasteiger partial charge on any atom is 0.145 e. The zero-order chi connectivity index (χ0) is 20.1. The Kier molecular flexibility index (Phi) is 5.70. The van der Waals surface area contributed by atoms with E-state index in [0.29, 0.717) is 5.75 Å². The predicted octanol–water partition coefficient (Wildman–Crippen LogP) is 6.13. The highest BCUT2D eigenvalue weighted by Gasteiger charge is 2.38. The Morgan fingerprint density at radius 3 is 1.90 bits per heavy atom. The first-order chi connectivity index (χ1) is 14.2. The van der Waals surface area contributed by atoms with E-state index in [1.807, 2.05) is 91.0 Å². The third-order valence-electron chi connectivity index (χ3n) is 4.94. The molecule has 3 heteroatoms. The lowest BCUT2D eigenvalue weighted by Gasteiger charge is -2.32. The number of rotatable bonds is 6. The minimum absolute atomic E-state index is 0.651. The largest absolute Gasteiger partial charge is 0.496 e. The van der Waals surface area contributed by atoms with E-state index in [1.165, 1.54) is 0 Å². The Hall–Kier alpha value is -3.01. The van der Waals surface area contributed by atoms with Crippen LogP contribution in [0.5, 0.6) is 5.75 Å². The Bertz CT molecular complexity index is 1080. The lowest BCUT2D eigenvalue weighted by Crippen LogP contribution is -2.30. The lowest BCUT2D eigenvalue weighted by atomic mass is 9.80. The third kappa shape index (κ3) is 3.80. The second-order valence-electron chi connectivity index (χ2n) is 6.69. The van der Waals surface area contributed by atoms with Crippen molar-refractivity contribution in [1.29, 1.82) is 0 Å². The average Bonchev–Trinajstić information content (AvgIpc) is 2.80. The molecule has 0 saturated carbocycles. The van der Waals surface area contributed by atoms with Crippen molar-refractivity contribution >= 4 is 11.8 Å². The molecule has 0 radical (unpaired) electrons. The van der Waals surface area contributed by atoms with E-state index in [0.717, 1.165) is 26.5 Å². The van der Waals surface area contributed by atoms with Gasteiger partial charge in [0.05, 0.1) is 7.11 Å². The molecule has 0 aliphatic heterocycles. The summed E-state index contributed by atoms with van der Waals surface area (Å²) in [6, 6.07) is 35.6. The van der Waals surface area contributed by atoms with Crippen LogP contribution in [0.2, 0.25) is 0 Å². The summed E-state index contributed by atoms with van der Waals surface area (Å²) in [4.78, 5) is 2.12. The monoisotopic (exact) mass is 398 g/mol. The number of ether oxygens (including phenoxy) is 1. The molecule has 0 heterocycles. The van der Waals surface area contributed by atoms with E-state index in [4.69, 9.17) is 4.74 Å². The average molecular weight is 399 g/mol. The summed E-state index contributed by atoms with van der Waals surface area (Å²) < 4.78 is 5.63. The van der Waals surface area contributed by atoms with Crippen molar-refractivity contribution in [2.24, 2.45) is 0 Å². The van der Waals surface area contributed by atoms with Crippen molar-refractivity contribution in [2.75, 3.05) is 7.11 Å². The van der Waals surface area contributed by atoms with Crippen LogP contribution in [0.3, 0.4) is 0 Å². The summed E-state index contributed by atoms with van der Waals surface area (Å²) in [6.07, 6.45) is 0. The zero-order valence-corrected chi connectivity index (χ0v) is 17.0. The van der Waals surface area contributed by atoms with Crippen LogP contribution in [0.15, 0.2) is 119 Å². The molecule has 4 aromatic carbocycles. The van der Waals surface area contributed by atoms with Crippen molar-refractivity contribution < 1.29 is 9.84 Å². The molecule has 0 saturated heterocycles. The first-order valence-corrected chi connectivity index (χ1v) is 10.3. The van der Waals surface area contributed by atoms with Crippen LogP contribution >= 0.6 is 11.8 Å². The molecule has 0 fully saturated rings. The second kappa shape index (κ2) is 8.56. The van der Waals surface area contributed by atoms with Gasteiger partial charge >= 0.3 is 0 Å². The molecule has 2 nitrogen and oxygen atoms in total. The normalized spacial score (nSPS) is 12.9. The van der Waals surface area contributed by atoms with E-state index in [1.54, 1.807) is 18.9 Å². The highest BCUT2D eigenvalue weighted by molar-refractivity contribution is 7.99. The highest BCUT2D eigenvalue weighted by atomic mass is 32.2. The number of hydrogen-bond acceptors (Lipinski definition) is 3. The van der Waals surface area contributed by atoms with Crippen molar-refractivity contribution in [1.82, 2.24) is 0 Å². The van der Waals surface area contributed by atoms with Crippen LogP contribution in [0.1, 0.15) is 16.7 Å². The number of methoxy groups -OCH3 is 1. The van der Waals surface area contributed by atoms with Gasteiger partial charge in [0.1, 0.15) is 11.4 Å². The SMILES string of the molecule is COc1ccccc1C(O)(c1ccccc1)c1ccccc1Sc1ccccc1. The van der Waals surface area contributed by atoms with E-state index in [9.17, 15) is 5.11 Å². The number of benzene rings is 4. The van der Waals surface area contributed by atoms with Gasteiger partial charge in [-0.2, -0.15) is 0 Å². The van der Waals surface area contributed by atoms with Gasteiger partial charge in [0.2, 0.25) is 0 Å². The van der Waals surface area contributed by atoms with Gasteiger partial charge in [-0.15, -0.1) is 0 Å². The standard InChI is InChI=1S/C26H22O2S/c1-28-24-18-10-8-16-22(24)26(27,20-12-4-2-5-13-20)23-17-9-11-19-25(23)29-21-14-6-3-7-15-21/h2-19,27H,1H3. The molecule has 1 atom stereocenters. The molecule has 0 aliphatic rings. The van der Waals surface area contributed by atoms with Gasteiger partial charge in [-0.1, -0.05) is 96.7 Å². The third-order valence-corrected chi connectivity index (χ3v) is 6.02. The van der Waals surface area contributed by atoms with Crippen molar-refractivity contribution in [2.45, 2.75) is 15.4 Å². The molecule has 0 aromatic heterocycles. The molecule has 144 valence electrons. The van der Waals surface area contributed by atoms with Gasteiger partial charge in [0.25, 0.3) is 0 Å². The molecule has 0 aliphatic carbocycles. The molecule has 4 aromatic rings. The summed E-state index contributed by atoms with van der Waals surface area (Å²) in [5.41, 5.74) is 0.983. The van der Waals surface area contributed by atoms with Crippen LogP contribution in [-0.4, -0.2) is 12.2 Å². The Labute approximate surface area is 175 Å². The maximum atomic E-state index is 12.3. The first kappa shape index (κ1) is 19.3. The van der Waals surface area contributed by atoms with Crippen molar-refractivity contribution in [3.05, 3.63) is 126 Å². The van der Waals surface area contributed by atoms with Crippen LogP contribution in [0.25, 0.3) is 0 Å². The molecule has 1 N–H and O–H groups in total. The van der Waals surface area contributed by atoms with Gasteiger partial charge in [0.15, 0.2) is 0 Å². The van der Waals surface area contributed by atoms with E-state index in [2.05, 4.69) is 18.2 Å². The summed E-state index contributed by atoms with van der Waals surface area (Å²) >= 11 is 1.64. The van der Waals surface area contributed by atoms with Crippen LogP contribution in [0, 0.1) is 0 Å². The second-order valence-corrected chi connectivity index (χ2v) is 7.80. The summed E-state index contributed by atoms with van der Waals surface area (Å²) in [5.74, 6) is 0.651.